The van der Waals surface area contributed by atoms with E-state index in [2.05, 4.69) is 35.0 Å². The predicted octanol–water partition coefficient (Wildman–Crippen LogP) is 5.35. The van der Waals surface area contributed by atoms with Crippen molar-refractivity contribution in [1.29, 1.82) is 0 Å². The van der Waals surface area contributed by atoms with Crippen LogP contribution >= 0.6 is 11.6 Å². The molecule has 2 heterocycles. The Labute approximate surface area is 188 Å². The summed E-state index contributed by atoms with van der Waals surface area (Å²) in [5, 5.41) is 12.8. The molecule has 2 aromatic carbocycles. The lowest BCUT2D eigenvalue weighted by molar-refractivity contribution is -0.192. The van der Waals surface area contributed by atoms with E-state index < -0.39 is 12.1 Å². The van der Waals surface area contributed by atoms with E-state index in [1.54, 1.807) is 0 Å². The Morgan fingerprint density at radius 1 is 1.22 bits per heavy atom. The minimum absolute atomic E-state index is 0.704. The van der Waals surface area contributed by atoms with Gasteiger partial charge in [0.25, 0.3) is 0 Å². The van der Waals surface area contributed by atoms with Crippen molar-refractivity contribution in [1.82, 2.24) is 9.88 Å². The van der Waals surface area contributed by atoms with Crippen molar-refractivity contribution in [3.63, 3.8) is 0 Å². The first-order valence-electron chi connectivity index (χ1n) is 10.2. The van der Waals surface area contributed by atoms with E-state index in [0.717, 1.165) is 43.2 Å². The summed E-state index contributed by atoms with van der Waals surface area (Å²) >= 11 is 5.91. The number of nitrogens with one attached hydrogen (secondary N) is 1. The first kappa shape index (κ1) is 23.9. The summed E-state index contributed by atoms with van der Waals surface area (Å²) in [6.45, 7) is 5.88. The number of fused-ring (bicyclic) bond motifs is 3. The highest BCUT2D eigenvalue weighted by atomic mass is 35.5. The molecule has 0 aliphatic carbocycles. The molecule has 1 aliphatic rings. The van der Waals surface area contributed by atoms with E-state index in [4.69, 9.17) is 26.2 Å². The minimum atomic E-state index is -5.08. The number of aromatic nitrogens is 1. The van der Waals surface area contributed by atoms with Gasteiger partial charge in [0.15, 0.2) is 0 Å². The minimum Gasteiger partial charge on any atom is -0.494 e. The normalized spacial score (nSPS) is 13.3. The molecular weight excluding hydrogens is 445 g/mol. The zero-order chi connectivity index (χ0) is 23.3. The Morgan fingerprint density at radius 3 is 2.56 bits per heavy atom. The third kappa shape index (κ3) is 5.95. The first-order valence-corrected chi connectivity index (χ1v) is 10.5. The first-order chi connectivity index (χ1) is 15.2. The monoisotopic (exact) mass is 468 g/mol. The van der Waals surface area contributed by atoms with Crippen molar-refractivity contribution >= 4 is 28.5 Å². The summed E-state index contributed by atoms with van der Waals surface area (Å²) in [6.07, 6.45) is -2.99. The molecule has 0 amide bonds. The van der Waals surface area contributed by atoms with Crippen LogP contribution in [-0.4, -0.2) is 35.0 Å². The number of alkyl halides is 3. The third-order valence-electron chi connectivity index (χ3n) is 5.14. The van der Waals surface area contributed by atoms with Crippen molar-refractivity contribution in [2.75, 3.05) is 13.2 Å². The van der Waals surface area contributed by atoms with Crippen molar-refractivity contribution in [2.45, 2.75) is 39.0 Å². The topological polar surface area (TPSA) is 63.5 Å². The Hall–Kier alpha value is -2.71. The van der Waals surface area contributed by atoms with Gasteiger partial charge in [0.2, 0.25) is 0 Å². The van der Waals surface area contributed by atoms with E-state index in [9.17, 15) is 13.2 Å². The number of hydrogen-bond donors (Lipinski definition) is 2. The summed E-state index contributed by atoms with van der Waals surface area (Å²) in [4.78, 5) is 8.90. The second-order valence-electron chi connectivity index (χ2n) is 7.48. The van der Waals surface area contributed by atoms with Gasteiger partial charge in [0.1, 0.15) is 5.75 Å². The molecule has 0 spiro atoms. The number of carbonyl (C=O) groups is 1. The van der Waals surface area contributed by atoms with Crippen molar-refractivity contribution in [2.24, 2.45) is 0 Å². The van der Waals surface area contributed by atoms with Gasteiger partial charge in [-0.15, -0.1) is 0 Å². The SMILES string of the molecule is Cc1ccc2c(c1)c1c(n2CCCOc2ccc(Cl)cc2)CNCC1.O=C(O)C(F)(F)F. The van der Waals surface area contributed by atoms with Gasteiger partial charge < -0.3 is 19.7 Å². The maximum absolute atomic E-state index is 10.6. The van der Waals surface area contributed by atoms with Crippen LogP contribution in [0.3, 0.4) is 0 Å². The smallest absolute Gasteiger partial charge is 0.490 e. The molecule has 0 fully saturated rings. The van der Waals surface area contributed by atoms with Crippen LogP contribution in [0.5, 0.6) is 5.75 Å². The van der Waals surface area contributed by atoms with Crippen LogP contribution < -0.4 is 10.1 Å². The molecule has 0 atom stereocenters. The van der Waals surface area contributed by atoms with E-state index in [1.165, 1.54) is 27.7 Å². The molecule has 0 unspecified atom stereocenters. The van der Waals surface area contributed by atoms with Crippen molar-refractivity contribution in [3.05, 3.63) is 64.3 Å². The van der Waals surface area contributed by atoms with Crippen LogP contribution in [0.4, 0.5) is 13.2 Å². The number of carboxylic acid groups (broad SMARTS) is 1. The van der Waals surface area contributed by atoms with E-state index in [1.807, 2.05) is 24.3 Å². The van der Waals surface area contributed by atoms with Gasteiger partial charge in [-0.3, -0.25) is 0 Å². The quantitative estimate of drug-likeness (QED) is 0.495. The highest BCUT2D eigenvalue weighted by Crippen LogP contribution is 2.30. The molecule has 0 saturated heterocycles. The summed E-state index contributed by atoms with van der Waals surface area (Å²) in [7, 11) is 0. The number of hydrogen-bond acceptors (Lipinski definition) is 3. The Kier molecular flexibility index (Phi) is 7.69. The number of nitrogens with zero attached hydrogens (tertiary/aromatic N) is 1. The number of aryl methyl sites for hydroxylation is 2. The summed E-state index contributed by atoms with van der Waals surface area (Å²) < 4.78 is 40.1. The Balaban J connectivity index is 0.000000360. The molecule has 1 aromatic heterocycles. The van der Waals surface area contributed by atoms with Gasteiger partial charge in [-0.25, -0.2) is 4.79 Å². The highest BCUT2D eigenvalue weighted by Gasteiger charge is 2.38. The number of aliphatic carboxylic acids is 1. The largest absolute Gasteiger partial charge is 0.494 e. The molecule has 0 radical (unpaired) electrons. The lowest BCUT2D eigenvalue weighted by atomic mass is 10.0. The number of ether oxygens (including phenoxy) is 1. The molecule has 5 nitrogen and oxygen atoms in total. The molecule has 2 N–H and O–H groups in total. The number of rotatable bonds is 5. The van der Waals surface area contributed by atoms with E-state index in [-0.39, 0.29) is 0 Å². The maximum Gasteiger partial charge on any atom is 0.490 e. The van der Waals surface area contributed by atoms with Gasteiger partial charge in [-0.05, 0) is 68.3 Å². The highest BCUT2D eigenvalue weighted by molar-refractivity contribution is 6.30. The average Bonchev–Trinajstić information content (AvgIpc) is 3.05. The van der Waals surface area contributed by atoms with Gasteiger partial charge in [0, 0.05) is 34.7 Å². The zero-order valence-corrected chi connectivity index (χ0v) is 18.3. The van der Waals surface area contributed by atoms with Gasteiger partial charge >= 0.3 is 12.1 Å². The molecule has 0 bridgehead atoms. The van der Waals surface area contributed by atoms with Crippen LogP contribution in [-0.2, 0) is 24.3 Å². The molecule has 1 aliphatic heterocycles. The second kappa shape index (κ2) is 10.3. The summed E-state index contributed by atoms with van der Waals surface area (Å²) in [5.74, 6) is -1.88. The van der Waals surface area contributed by atoms with Crippen LogP contribution in [0.25, 0.3) is 10.9 Å². The van der Waals surface area contributed by atoms with Crippen LogP contribution in [0.1, 0.15) is 23.2 Å². The molecular formula is C23H24ClF3N2O3. The van der Waals surface area contributed by atoms with Crippen molar-refractivity contribution in [3.8, 4) is 5.75 Å². The molecule has 172 valence electrons. The fourth-order valence-electron chi connectivity index (χ4n) is 3.69. The van der Waals surface area contributed by atoms with Gasteiger partial charge in [0.05, 0.1) is 6.61 Å². The maximum atomic E-state index is 10.6. The molecule has 4 rings (SSSR count). The average molecular weight is 469 g/mol. The molecule has 9 heteroatoms. The lowest BCUT2D eigenvalue weighted by Crippen LogP contribution is -2.25. The fourth-order valence-corrected chi connectivity index (χ4v) is 3.82. The van der Waals surface area contributed by atoms with E-state index >= 15 is 0 Å². The number of benzene rings is 2. The molecule has 0 saturated carbocycles. The Bertz CT molecular complexity index is 1080. The van der Waals surface area contributed by atoms with Crippen molar-refractivity contribution < 1.29 is 27.8 Å². The van der Waals surface area contributed by atoms with Gasteiger partial charge in [-0.2, -0.15) is 13.2 Å². The van der Waals surface area contributed by atoms with E-state index in [0.29, 0.717) is 6.61 Å². The standard InChI is InChI=1S/C21H23ClN2O.C2HF3O2/c1-15-3-8-20-19(13-15)18-9-10-23-14-21(18)24(20)11-2-12-25-17-6-4-16(22)5-7-17;3-2(4,5)1(6)7/h3-8,13,23H,2,9-12,14H2,1H3;(H,6,7). The predicted molar refractivity (Wildman–Crippen MR) is 117 cm³/mol. The summed E-state index contributed by atoms with van der Waals surface area (Å²) in [5.41, 5.74) is 5.65. The summed E-state index contributed by atoms with van der Waals surface area (Å²) in [6, 6.07) is 14.4. The fraction of sp³-hybridized carbons (Fsp3) is 0.348. The number of halogens is 4. The van der Waals surface area contributed by atoms with Crippen LogP contribution in [0.2, 0.25) is 5.02 Å². The lowest BCUT2D eigenvalue weighted by Gasteiger charge is -2.17. The number of carboxylic acids is 1. The third-order valence-corrected chi connectivity index (χ3v) is 5.39. The van der Waals surface area contributed by atoms with Crippen LogP contribution in [0.15, 0.2) is 42.5 Å². The zero-order valence-electron chi connectivity index (χ0n) is 17.5. The molecule has 32 heavy (non-hydrogen) atoms. The van der Waals surface area contributed by atoms with Crippen LogP contribution in [0, 0.1) is 6.92 Å². The van der Waals surface area contributed by atoms with Gasteiger partial charge in [-0.1, -0.05) is 23.2 Å². The second-order valence-corrected chi connectivity index (χ2v) is 7.92. The Morgan fingerprint density at radius 2 is 1.91 bits per heavy atom. The molecule has 3 aromatic rings.